The van der Waals surface area contributed by atoms with Gasteiger partial charge in [-0.25, -0.2) is 9.78 Å². The topological polar surface area (TPSA) is 93.0 Å². The zero-order valence-electron chi connectivity index (χ0n) is 23.2. The first-order valence-electron chi connectivity index (χ1n) is 14.3. The molecule has 0 saturated heterocycles. The first-order valence-corrected chi connectivity index (χ1v) is 14.3. The van der Waals surface area contributed by atoms with Gasteiger partial charge in [-0.2, -0.15) is 0 Å². The molecule has 1 N–H and O–H groups in total. The van der Waals surface area contributed by atoms with Gasteiger partial charge in [0, 0.05) is 40.5 Å². The lowest BCUT2D eigenvalue weighted by molar-refractivity contribution is -0.129. The van der Waals surface area contributed by atoms with Crippen LogP contribution in [0.2, 0.25) is 0 Å². The summed E-state index contributed by atoms with van der Waals surface area (Å²) in [7, 11) is 3.47. The minimum atomic E-state index is -0.429. The van der Waals surface area contributed by atoms with Crippen molar-refractivity contribution in [2.75, 3.05) is 13.1 Å². The van der Waals surface area contributed by atoms with Gasteiger partial charge in [0.15, 0.2) is 11.2 Å². The maximum absolute atomic E-state index is 12.1. The van der Waals surface area contributed by atoms with Crippen LogP contribution in [0.4, 0.5) is 0 Å². The van der Waals surface area contributed by atoms with Crippen molar-refractivity contribution in [2.24, 2.45) is 14.1 Å². The molecule has 0 bridgehead atoms. The Morgan fingerprint density at radius 3 is 1.81 bits per heavy atom. The number of unbranched alkanes of at least 4 members (excludes halogenated alkanes) is 13. The van der Waals surface area contributed by atoms with Crippen LogP contribution in [-0.4, -0.2) is 43.0 Å². The van der Waals surface area contributed by atoms with E-state index in [1.54, 1.807) is 14.0 Å². The third kappa shape index (κ3) is 9.58. The van der Waals surface area contributed by atoms with Gasteiger partial charge in [0.05, 0.1) is 0 Å². The number of aryl methyl sites for hydroxylation is 3. The van der Waals surface area contributed by atoms with Crippen LogP contribution in [0.1, 0.15) is 116 Å². The minimum absolute atomic E-state index is 0.220. The van der Waals surface area contributed by atoms with Gasteiger partial charge in [0.2, 0.25) is 5.91 Å². The van der Waals surface area contributed by atoms with Gasteiger partial charge in [0.25, 0.3) is 5.56 Å². The SMILES string of the molecule is CCCCCCCCN(CCCCCCCCCCCc1nc2c(c(=O)[nH]c(=O)n2C)n1C)C(C)=O. The van der Waals surface area contributed by atoms with Gasteiger partial charge >= 0.3 is 5.69 Å². The van der Waals surface area contributed by atoms with Crippen LogP contribution < -0.4 is 11.2 Å². The summed E-state index contributed by atoms with van der Waals surface area (Å²) in [5, 5.41) is 0. The van der Waals surface area contributed by atoms with Crippen molar-refractivity contribution in [2.45, 2.75) is 117 Å². The van der Waals surface area contributed by atoms with Gasteiger partial charge in [-0.1, -0.05) is 84.0 Å². The number of carbonyl (C=O) groups is 1. The molecule has 2 rings (SSSR count). The number of hydrogen-bond donors (Lipinski definition) is 1. The highest BCUT2D eigenvalue weighted by Crippen LogP contribution is 2.14. The molecule has 2 aromatic rings. The molecular weight excluding hydrogens is 454 g/mol. The molecule has 204 valence electrons. The number of fused-ring (bicyclic) bond motifs is 1. The van der Waals surface area contributed by atoms with Crippen molar-refractivity contribution >= 4 is 17.1 Å². The Balaban J connectivity index is 1.52. The first-order chi connectivity index (χ1) is 17.4. The third-order valence-electron chi connectivity index (χ3n) is 7.28. The number of nitrogens with zero attached hydrogens (tertiary/aromatic N) is 4. The quantitative estimate of drug-likeness (QED) is 0.266. The van der Waals surface area contributed by atoms with Crippen LogP contribution in [0.25, 0.3) is 11.2 Å². The maximum atomic E-state index is 12.1. The number of amides is 1. The van der Waals surface area contributed by atoms with Crippen LogP contribution in [0.15, 0.2) is 9.59 Å². The van der Waals surface area contributed by atoms with E-state index in [1.165, 1.54) is 75.2 Å². The average molecular weight is 504 g/mol. The van der Waals surface area contributed by atoms with Crippen LogP contribution in [0.5, 0.6) is 0 Å². The summed E-state index contributed by atoms with van der Waals surface area (Å²) in [4.78, 5) is 44.7. The molecule has 2 aromatic heterocycles. The van der Waals surface area contributed by atoms with Crippen LogP contribution in [-0.2, 0) is 25.3 Å². The van der Waals surface area contributed by atoms with Gasteiger partial charge in [-0.15, -0.1) is 0 Å². The van der Waals surface area contributed by atoms with Crippen LogP contribution >= 0.6 is 0 Å². The molecule has 36 heavy (non-hydrogen) atoms. The fraction of sp³-hybridized carbons (Fsp3) is 0.786. The summed E-state index contributed by atoms with van der Waals surface area (Å²) < 4.78 is 3.21. The zero-order valence-corrected chi connectivity index (χ0v) is 23.2. The number of imidazole rings is 1. The second-order valence-electron chi connectivity index (χ2n) is 10.3. The van der Waals surface area contributed by atoms with Gasteiger partial charge in [-0.3, -0.25) is 19.1 Å². The maximum Gasteiger partial charge on any atom is 0.329 e. The monoisotopic (exact) mass is 503 g/mol. The van der Waals surface area contributed by atoms with Crippen molar-refractivity contribution in [3.63, 3.8) is 0 Å². The van der Waals surface area contributed by atoms with E-state index in [1.807, 2.05) is 16.5 Å². The predicted molar refractivity (Wildman–Crippen MR) is 147 cm³/mol. The number of carbonyl (C=O) groups excluding carboxylic acids is 1. The first kappa shape index (κ1) is 29.8. The minimum Gasteiger partial charge on any atom is -0.343 e. The lowest BCUT2D eigenvalue weighted by atomic mass is 10.1. The lowest BCUT2D eigenvalue weighted by Gasteiger charge is -2.21. The van der Waals surface area contributed by atoms with Crippen molar-refractivity contribution in [1.29, 1.82) is 0 Å². The van der Waals surface area contributed by atoms with Crippen molar-refractivity contribution in [3.05, 3.63) is 26.7 Å². The molecule has 1 amide bonds. The molecule has 0 aliphatic carbocycles. The Kier molecular flexibility index (Phi) is 13.6. The van der Waals surface area contributed by atoms with E-state index in [0.29, 0.717) is 11.2 Å². The average Bonchev–Trinajstić information content (AvgIpc) is 3.18. The van der Waals surface area contributed by atoms with Gasteiger partial charge in [0.1, 0.15) is 5.82 Å². The smallest absolute Gasteiger partial charge is 0.329 e. The number of nitrogens with one attached hydrogen (secondary N) is 1. The fourth-order valence-corrected chi connectivity index (χ4v) is 4.91. The second kappa shape index (κ2) is 16.4. The molecule has 0 atom stereocenters. The summed E-state index contributed by atoms with van der Waals surface area (Å²) in [6, 6.07) is 0. The summed E-state index contributed by atoms with van der Waals surface area (Å²) in [6.07, 6.45) is 19.1. The molecule has 0 aliphatic heterocycles. The standard InChI is InChI=1S/C28H49N5O3/c1-5-6-7-8-15-18-21-33(23(2)34)22-19-16-13-11-9-10-12-14-17-20-24-29-26-25(31(24)3)27(35)30-28(36)32(26)4/h5-22H2,1-4H3,(H,30,35,36). The number of aromatic amines is 1. The Morgan fingerprint density at radius 1 is 0.778 bits per heavy atom. The Bertz CT molecular complexity index is 1040. The van der Waals surface area contributed by atoms with E-state index in [0.717, 1.165) is 51.0 Å². The van der Waals surface area contributed by atoms with Crippen LogP contribution in [0.3, 0.4) is 0 Å². The lowest BCUT2D eigenvalue weighted by Crippen LogP contribution is -2.30. The number of hydrogen-bond acceptors (Lipinski definition) is 4. The Labute approximate surface area is 216 Å². The van der Waals surface area contributed by atoms with E-state index in [4.69, 9.17) is 0 Å². The molecule has 0 fully saturated rings. The molecule has 0 spiro atoms. The summed E-state index contributed by atoms with van der Waals surface area (Å²) in [6.45, 7) is 5.77. The molecule has 0 saturated carbocycles. The molecule has 0 unspecified atom stereocenters. The number of rotatable bonds is 19. The predicted octanol–water partition coefficient (Wildman–Crippen LogP) is 5.22. The third-order valence-corrected chi connectivity index (χ3v) is 7.28. The van der Waals surface area contributed by atoms with E-state index >= 15 is 0 Å². The van der Waals surface area contributed by atoms with Gasteiger partial charge < -0.3 is 9.47 Å². The largest absolute Gasteiger partial charge is 0.343 e. The molecule has 0 aromatic carbocycles. The van der Waals surface area contributed by atoms with Crippen molar-refractivity contribution in [3.8, 4) is 0 Å². The van der Waals surface area contributed by atoms with Crippen molar-refractivity contribution < 1.29 is 4.79 Å². The molecule has 8 nitrogen and oxygen atoms in total. The Morgan fingerprint density at radius 2 is 1.28 bits per heavy atom. The highest BCUT2D eigenvalue weighted by molar-refractivity contribution is 5.73. The van der Waals surface area contributed by atoms with E-state index in [9.17, 15) is 14.4 Å². The van der Waals surface area contributed by atoms with E-state index in [-0.39, 0.29) is 11.5 Å². The number of H-pyrrole nitrogens is 1. The molecule has 0 aliphatic rings. The molecular formula is C28H49N5O3. The zero-order chi connectivity index (χ0) is 26.3. The summed E-state index contributed by atoms with van der Waals surface area (Å²) >= 11 is 0. The highest BCUT2D eigenvalue weighted by atomic mass is 16.2. The number of aromatic nitrogens is 4. The van der Waals surface area contributed by atoms with E-state index < -0.39 is 5.69 Å². The highest BCUT2D eigenvalue weighted by Gasteiger charge is 2.14. The normalized spacial score (nSPS) is 11.4. The second-order valence-corrected chi connectivity index (χ2v) is 10.3. The summed E-state index contributed by atoms with van der Waals surface area (Å²) in [5.41, 5.74) is 0.110. The van der Waals surface area contributed by atoms with Gasteiger partial charge in [-0.05, 0) is 19.3 Å². The van der Waals surface area contributed by atoms with Crippen LogP contribution in [0, 0.1) is 0 Å². The Hall–Kier alpha value is -2.38. The van der Waals surface area contributed by atoms with Crippen molar-refractivity contribution in [1.82, 2.24) is 24.0 Å². The fourth-order valence-electron chi connectivity index (χ4n) is 4.91. The molecule has 0 radical (unpaired) electrons. The molecule has 8 heteroatoms. The summed E-state index contributed by atoms with van der Waals surface area (Å²) in [5.74, 6) is 1.07. The van der Waals surface area contributed by atoms with E-state index in [2.05, 4.69) is 16.9 Å². The molecule has 2 heterocycles.